The maximum absolute atomic E-state index is 12.7. The van der Waals surface area contributed by atoms with Crippen LogP contribution in [0, 0.1) is 0 Å². The van der Waals surface area contributed by atoms with Gasteiger partial charge in [-0.2, -0.15) is 0 Å². The van der Waals surface area contributed by atoms with Gasteiger partial charge < -0.3 is 9.64 Å². The Morgan fingerprint density at radius 1 is 1.48 bits per heavy atom. The fourth-order valence-electron chi connectivity index (χ4n) is 3.13. The van der Waals surface area contributed by atoms with Crippen LogP contribution in [0.4, 0.5) is 0 Å². The number of nitrogens with zero attached hydrogens (tertiary/aromatic N) is 5. The molecule has 0 radical (unpaired) electrons. The third-order valence-corrected chi connectivity index (χ3v) is 4.28. The number of aromatic nitrogens is 4. The van der Waals surface area contributed by atoms with Crippen molar-refractivity contribution >= 4 is 5.91 Å². The molecule has 2 aromatic rings. The van der Waals surface area contributed by atoms with Gasteiger partial charge in [-0.3, -0.25) is 9.78 Å². The van der Waals surface area contributed by atoms with Gasteiger partial charge in [0.25, 0.3) is 0 Å². The number of rotatable bonds is 7. The number of hydrogen-bond donors (Lipinski definition) is 0. The van der Waals surface area contributed by atoms with E-state index in [2.05, 4.69) is 21.9 Å². The molecule has 1 unspecified atom stereocenters. The van der Waals surface area contributed by atoms with Gasteiger partial charge in [-0.1, -0.05) is 17.4 Å². The Balaban J connectivity index is 1.76. The summed E-state index contributed by atoms with van der Waals surface area (Å²) >= 11 is 0. The monoisotopic (exact) mass is 341 g/mol. The van der Waals surface area contributed by atoms with E-state index >= 15 is 0 Å². The Kier molecular flexibility index (Phi) is 5.55. The van der Waals surface area contributed by atoms with Crippen LogP contribution >= 0.6 is 0 Å². The molecule has 1 aliphatic heterocycles. The lowest BCUT2D eigenvalue weighted by molar-refractivity contribution is -0.132. The van der Waals surface area contributed by atoms with E-state index in [0.717, 1.165) is 23.6 Å². The number of carbonyl (C=O) groups is 1. The van der Waals surface area contributed by atoms with Crippen molar-refractivity contribution in [3.8, 4) is 0 Å². The van der Waals surface area contributed by atoms with Gasteiger partial charge in [-0.25, -0.2) is 4.68 Å². The van der Waals surface area contributed by atoms with E-state index in [1.807, 2.05) is 34.7 Å². The highest BCUT2D eigenvalue weighted by molar-refractivity contribution is 5.78. The molecule has 0 N–H and O–H groups in total. The molecule has 1 amide bonds. The summed E-state index contributed by atoms with van der Waals surface area (Å²) in [5.74, 6) is 0.107. The molecule has 0 saturated heterocycles. The summed E-state index contributed by atoms with van der Waals surface area (Å²) in [6.45, 7) is 8.55. The van der Waals surface area contributed by atoms with Gasteiger partial charge in [-0.05, 0) is 19.1 Å². The van der Waals surface area contributed by atoms with Crippen LogP contribution in [0.15, 0.2) is 37.1 Å². The Morgan fingerprint density at radius 2 is 2.36 bits per heavy atom. The van der Waals surface area contributed by atoms with Crippen molar-refractivity contribution in [2.24, 2.45) is 0 Å². The van der Waals surface area contributed by atoms with Crippen molar-refractivity contribution < 1.29 is 9.53 Å². The first-order chi connectivity index (χ1) is 12.2. The van der Waals surface area contributed by atoms with E-state index in [9.17, 15) is 4.79 Å². The third kappa shape index (κ3) is 3.93. The van der Waals surface area contributed by atoms with E-state index in [4.69, 9.17) is 4.74 Å². The van der Waals surface area contributed by atoms with Crippen LogP contribution in [-0.4, -0.2) is 50.5 Å². The minimum Gasteiger partial charge on any atom is -0.377 e. The number of fused-ring (bicyclic) bond motifs is 1. The summed E-state index contributed by atoms with van der Waals surface area (Å²) in [6, 6.07) is 5.60. The fourth-order valence-corrected chi connectivity index (χ4v) is 3.13. The molecule has 7 heteroatoms. The largest absolute Gasteiger partial charge is 0.377 e. The number of ether oxygens (including phenoxy) is 1. The van der Waals surface area contributed by atoms with E-state index in [0.29, 0.717) is 32.7 Å². The second-order valence-electron chi connectivity index (χ2n) is 6.03. The molecular formula is C18H23N5O2. The van der Waals surface area contributed by atoms with Crippen LogP contribution in [0.3, 0.4) is 0 Å². The predicted octanol–water partition coefficient (Wildman–Crippen LogP) is 1.56. The molecular weight excluding hydrogens is 318 g/mol. The van der Waals surface area contributed by atoms with Gasteiger partial charge in [0.05, 0.1) is 31.9 Å². The molecule has 1 aliphatic rings. The van der Waals surface area contributed by atoms with Crippen LogP contribution < -0.4 is 0 Å². The zero-order valence-corrected chi connectivity index (χ0v) is 14.5. The molecule has 0 fully saturated rings. The quantitative estimate of drug-likeness (QED) is 0.564. The van der Waals surface area contributed by atoms with Crippen molar-refractivity contribution in [3.05, 3.63) is 54.1 Å². The van der Waals surface area contributed by atoms with Crippen LogP contribution in [0.5, 0.6) is 0 Å². The highest BCUT2D eigenvalue weighted by Gasteiger charge is 2.32. The fraction of sp³-hybridized carbons (Fsp3) is 0.444. The van der Waals surface area contributed by atoms with Gasteiger partial charge >= 0.3 is 0 Å². The van der Waals surface area contributed by atoms with Crippen LogP contribution in [0.1, 0.15) is 29.9 Å². The normalized spacial score (nSPS) is 16.5. The van der Waals surface area contributed by atoms with Crippen molar-refractivity contribution in [3.63, 3.8) is 0 Å². The minimum atomic E-state index is 0.0455. The first-order valence-corrected chi connectivity index (χ1v) is 8.51. The first kappa shape index (κ1) is 17.3. The van der Waals surface area contributed by atoms with Crippen molar-refractivity contribution in [2.75, 3.05) is 19.8 Å². The highest BCUT2D eigenvalue weighted by Crippen LogP contribution is 2.27. The maximum atomic E-state index is 12.7. The Labute approximate surface area is 147 Å². The topological polar surface area (TPSA) is 73.1 Å². The molecule has 1 atom stereocenters. The van der Waals surface area contributed by atoms with Gasteiger partial charge in [0.15, 0.2) is 0 Å². The van der Waals surface area contributed by atoms with E-state index in [1.54, 1.807) is 12.3 Å². The molecule has 3 rings (SSSR count). The smallest absolute Gasteiger partial charge is 0.228 e. The van der Waals surface area contributed by atoms with Gasteiger partial charge in [0, 0.05) is 30.9 Å². The highest BCUT2D eigenvalue weighted by atomic mass is 16.5. The number of aryl methyl sites for hydroxylation is 1. The molecule has 3 heterocycles. The Bertz CT molecular complexity index is 728. The lowest BCUT2D eigenvalue weighted by Crippen LogP contribution is -2.41. The average molecular weight is 341 g/mol. The van der Waals surface area contributed by atoms with Crippen LogP contribution in [0.2, 0.25) is 0 Å². The summed E-state index contributed by atoms with van der Waals surface area (Å²) in [6.07, 6.45) is 3.72. The van der Waals surface area contributed by atoms with Crippen LogP contribution in [-0.2, 0) is 29.0 Å². The zero-order chi connectivity index (χ0) is 17.6. The SMILES string of the molecule is C=CCOCC1CN(C(=O)Cc2ccccn2)Cc2nnn(CC)c21. The maximum Gasteiger partial charge on any atom is 0.228 e. The second kappa shape index (κ2) is 8.02. The van der Waals surface area contributed by atoms with Crippen molar-refractivity contribution in [2.45, 2.75) is 32.4 Å². The molecule has 25 heavy (non-hydrogen) atoms. The molecule has 0 aromatic carbocycles. The van der Waals surface area contributed by atoms with Gasteiger partial charge in [0.1, 0.15) is 5.69 Å². The third-order valence-electron chi connectivity index (χ3n) is 4.28. The average Bonchev–Trinajstić information content (AvgIpc) is 3.06. The van der Waals surface area contributed by atoms with Crippen molar-refractivity contribution in [1.29, 1.82) is 0 Å². The Hall–Kier alpha value is -2.54. The van der Waals surface area contributed by atoms with E-state index in [1.165, 1.54) is 0 Å². The number of hydrogen-bond acceptors (Lipinski definition) is 5. The molecule has 0 saturated carbocycles. The lowest BCUT2D eigenvalue weighted by atomic mass is 9.98. The second-order valence-corrected chi connectivity index (χ2v) is 6.03. The van der Waals surface area contributed by atoms with Crippen molar-refractivity contribution in [1.82, 2.24) is 24.9 Å². The summed E-state index contributed by atoms with van der Waals surface area (Å²) in [5.41, 5.74) is 2.71. The molecule has 7 nitrogen and oxygen atoms in total. The van der Waals surface area contributed by atoms with E-state index < -0.39 is 0 Å². The zero-order valence-electron chi connectivity index (χ0n) is 14.5. The Morgan fingerprint density at radius 3 is 3.08 bits per heavy atom. The number of amides is 1. The first-order valence-electron chi connectivity index (χ1n) is 8.51. The summed E-state index contributed by atoms with van der Waals surface area (Å²) in [4.78, 5) is 18.8. The number of carbonyl (C=O) groups excluding carboxylic acids is 1. The van der Waals surface area contributed by atoms with Crippen LogP contribution in [0.25, 0.3) is 0 Å². The molecule has 0 aliphatic carbocycles. The summed E-state index contributed by atoms with van der Waals surface area (Å²) in [7, 11) is 0. The molecule has 132 valence electrons. The van der Waals surface area contributed by atoms with E-state index in [-0.39, 0.29) is 11.8 Å². The van der Waals surface area contributed by atoms with Gasteiger partial charge in [-0.15, -0.1) is 11.7 Å². The molecule has 0 bridgehead atoms. The summed E-state index contributed by atoms with van der Waals surface area (Å²) < 4.78 is 7.56. The predicted molar refractivity (Wildman–Crippen MR) is 92.8 cm³/mol. The minimum absolute atomic E-state index is 0.0455. The molecule has 0 spiro atoms. The molecule has 2 aromatic heterocycles. The van der Waals surface area contributed by atoms with Gasteiger partial charge in [0.2, 0.25) is 5.91 Å². The summed E-state index contributed by atoms with van der Waals surface area (Å²) in [5, 5.41) is 8.49. The lowest BCUT2D eigenvalue weighted by Gasteiger charge is -2.32. The standard InChI is InChI=1S/C18H23N5O2/c1-3-9-25-13-14-11-22(12-16-18(14)23(4-2)21-20-16)17(24)10-15-7-5-6-8-19-15/h3,5-8,14H,1,4,9-13H2,2H3. The number of pyridine rings is 1.